The molecule has 0 saturated carbocycles. The van der Waals surface area contributed by atoms with Crippen molar-refractivity contribution in [2.75, 3.05) is 6.61 Å². The minimum Gasteiger partial charge on any atom is -0.463 e. The molecule has 1 heterocycles. The van der Waals surface area contributed by atoms with E-state index in [0.717, 1.165) is 12.0 Å². The SMILES string of the molecule is O=C1CCCC/C=C/CC(F)(F)[C@H](NC(=O)OCc2ccccc2)CO1. The van der Waals surface area contributed by atoms with Gasteiger partial charge in [-0.1, -0.05) is 42.5 Å². The van der Waals surface area contributed by atoms with E-state index in [9.17, 15) is 18.4 Å². The minimum absolute atomic E-state index is 0.0370. The Hall–Kier alpha value is -2.44. The molecule has 26 heavy (non-hydrogen) atoms. The van der Waals surface area contributed by atoms with E-state index in [1.54, 1.807) is 30.3 Å². The van der Waals surface area contributed by atoms with E-state index in [1.165, 1.54) is 6.08 Å². The number of carbonyl (C=O) groups excluding carboxylic acids is 2. The Labute approximate surface area is 151 Å². The smallest absolute Gasteiger partial charge is 0.408 e. The summed E-state index contributed by atoms with van der Waals surface area (Å²) in [7, 11) is 0. The highest BCUT2D eigenvalue weighted by Gasteiger charge is 2.40. The molecule has 1 aromatic carbocycles. The van der Waals surface area contributed by atoms with Gasteiger partial charge < -0.3 is 14.8 Å². The van der Waals surface area contributed by atoms with Gasteiger partial charge in [0.15, 0.2) is 0 Å². The second-order valence-electron chi connectivity index (χ2n) is 6.12. The molecule has 1 aliphatic heterocycles. The van der Waals surface area contributed by atoms with Gasteiger partial charge >= 0.3 is 12.1 Å². The predicted octanol–water partition coefficient (Wildman–Crippen LogP) is 3.98. The van der Waals surface area contributed by atoms with E-state index in [-0.39, 0.29) is 13.0 Å². The van der Waals surface area contributed by atoms with E-state index in [2.05, 4.69) is 5.32 Å². The van der Waals surface area contributed by atoms with Crippen molar-refractivity contribution < 1.29 is 27.8 Å². The average Bonchev–Trinajstić information content (AvgIpc) is 2.62. The molecule has 1 atom stereocenters. The second kappa shape index (κ2) is 9.89. The molecule has 1 aliphatic rings. The molecule has 0 spiro atoms. The number of rotatable bonds is 3. The van der Waals surface area contributed by atoms with Gasteiger partial charge in [-0.3, -0.25) is 4.79 Å². The summed E-state index contributed by atoms with van der Waals surface area (Å²) in [5.74, 6) is -3.81. The summed E-state index contributed by atoms with van der Waals surface area (Å²) in [6.45, 7) is -0.634. The lowest BCUT2D eigenvalue weighted by Gasteiger charge is -2.26. The number of alkyl halides is 2. The lowest BCUT2D eigenvalue weighted by atomic mass is 10.1. The van der Waals surface area contributed by atoms with E-state index in [1.807, 2.05) is 6.07 Å². The minimum atomic E-state index is -3.26. The highest BCUT2D eigenvalue weighted by atomic mass is 19.3. The van der Waals surface area contributed by atoms with Crippen molar-refractivity contribution in [2.24, 2.45) is 0 Å². The largest absolute Gasteiger partial charge is 0.463 e. The topological polar surface area (TPSA) is 64.6 Å². The molecule has 1 N–H and O–H groups in total. The Morgan fingerprint density at radius 2 is 2.00 bits per heavy atom. The number of halogens is 2. The molecule has 0 fully saturated rings. The van der Waals surface area contributed by atoms with Crippen LogP contribution in [0.15, 0.2) is 42.5 Å². The molecule has 142 valence electrons. The Morgan fingerprint density at radius 1 is 1.23 bits per heavy atom. The molecule has 1 amide bonds. The number of nitrogens with one attached hydrogen (secondary N) is 1. The van der Waals surface area contributed by atoms with Crippen molar-refractivity contribution in [2.45, 2.75) is 50.7 Å². The standard InChI is InChI=1S/C19H23F2NO4/c20-19(21)12-8-3-1-2-7-11-17(23)25-14-16(19)22-18(24)26-13-15-9-5-4-6-10-15/h3-6,8-10,16H,1-2,7,11-14H2,(H,22,24)/b8-3+/t16-/m1/s1. The predicted molar refractivity (Wildman–Crippen MR) is 91.7 cm³/mol. The van der Waals surface area contributed by atoms with Crippen molar-refractivity contribution in [1.29, 1.82) is 0 Å². The number of allylic oxidation sites excluding steroid dienone is 2. The van der Waals surface area contributed by atoms with E-state index in [4.69, 9.17) is 9.47 Å². The van der Waals surface area contributed by atoms with Gasteiger partial charge in [-0.05, 0) is 24.8 Å². The van der Waals surface area contributed by atoms with Crippen LogP contribution in [-0.4, -0.2) is 30.6 Å². The van der Waals surface area contributed by atoms with Crippen LogP contribution in [0.5, 0.6) is 0 Å². The van der Waals surface area contributed by atoms with Crippen LogP contribution in [0.25, 0.3) is 0 Å². The summed E-state index contributed by atoms with van der Waals surface area (Å²) in [6.07, 6.45) is 3.71. The van der Waals surface area contributed by atoms with E-state index in [0.29, 0.717) is 12.8 Å². The van der Waals surface area contributed by atoms with Gasteiger partial charge in [0.05, 0.1) is 0 Å². The molecule has 1 aromatic rings. The molecule has 7 heteroatoms. The number of ether oxygens (including phenoxy) is 2. The zero-order valence-electron chi connectivity index (χ0n) is 14.5. The lowest BCUT2D eigenvalue weighted by molar-refractivity contribution is -0.148. The number of alkyl carbamates (subject to hydrolysis) is 1. The molecule has 0 unspecified atom stereocenters. The fourth-order valence-corrected chi connectivity index (χ4v) is 2.46. The van der Waals surface area contributed by atoms with Crippen molar-refractivity contribution in [3.63, 3.8) is 0 Å². The first-order valence-electron chi connectivity index (χ1n) is 8.63. The summed E-state index contributed by atoms with van der Waals surface area (Å²) in [5.41, 5.74) is 0.738. The monoisotopic (exact) mass is 367 g/mol. The summed E-state index contributed by atoms with van der Waals surface area (Å²) in [6, 6.07) is 7.23. The second-order valence-corrected chi connectivity index (χ2v) is 6.12. The fraction of sp³-hybridized carbons (Fsp3) is 0.474. The summed E-state index contributed by atoms with van der Waals surface area (Å²) in [5, 5.41) is 2.13. The molecule has 0 saturated heterocycles. The van der Waals surface area contributed by atoms with Crippen LogP contribution >= 0.6 is 0 Å². The Kier molecular flexibility index (Phi) is 7.56. The van der Waals surface area contributed by atoms with E-state index < -0.39 is 37.1 Å². The highest BCUT2D eigenvalue weighted by Crippen LogP contribution is 2.25. The van der Waals surface area contributed by atoms with Crippen molar-refractivity contribution in [3.05, 3.63) is 48.0 Å². The highest BCUT2D eigenvalue weighted by molar-refractivity contribution is 5.70. The molecular weight excluding hydrogens is 344 g/mol. The Bertz CT molecular complexity index is 619. The first kappa shape index (κ1) is 19.9. The first-order chi connectivity index (χ1) is 12.5. The van der Waals surface area contributed by atoms with Gasteiger partial charge in [-0.2, -0.15) is 0 Å². The number of benzene rings is 1. The number of amides is 1. The van der Waals surface area contributed by atoms with Crippen LogP contribution in [-0.2, 0) is 20.9 Å². The van der Waals surface area contributed by atoms with Crippen LogP contribution in [0, 0.1) is 0 Å². The number of cyclic esters (lactones) is 1. The maximum absolute atomic E-state index is 14.4. The molecular formula is C19H23F2NO4. The fourth-order valence-electron chi connectivity index (χ4n) is 2.46. The van der Waals surface area contributed by atoms with E-state index >= 15 is 0 Å². The van der Waals surface area contributed by atoms with Crippen molar-refractivity contribution in [3.8, 4) is 0 Å². The van der Waals surface area contributed by atoms with Crippen LogP contribution in [0.3, 0.4) is 0 Å². The summed E-state index contributed by atoms with van der Waals surface area (Å²) >= 11 is 0. The molecule has 2 rings (SSSR count). The number of hydrogen-bond donors (Lipinski definition) is 1. The first-order valence-corrected chi connectivity index (χ1v) is 8.63. The number of carbonyl (C=O) groups is 2. The zero-order chi connectivity index (χ0) is 18.8. The van der Waals surface area contributed by atoms with Gasteiger partial charge in [0, 0.05) is 12.8 Å². The van der Waals surface area contributed by atoms with Gasteiger partial charge in [0.1, 0.15) is 19.3 Å². The number of esters is 1. The van der Waals surface area contributed by atoms with Crippen molar-refractivity contribution >= 4 is 12.1 Å². The van der Waals surface area contributed by atoms with Crippen molar-refractivity contribution in [1.82, 2.24) is 5.32 Å². The van der Waals surface area contributed by atoms with Gasteiger partial charge in [0.25, 0.3) is 5.92 Å². The molecule has 0 radical (unpaired) electrons. The van der Waals surface area contributed by atoms with Crippen LogP contribution in [0.2, 0.25) is 0 Å². The summed E-state index contributed by atoms with van der Waals surface area (Å²) in [4.78, 5) is 23.5. The van der Waals surface area contributed by atoms with Crippen LogP contribution in [0.4, 0.5) is 13.6 Å². The maximum Gasteiger partial charge on any atom is 0.408 e. The normalized spacial score (nSPS) is 22.2. The molecule has 0 bridgehead atoms. The zero-order valence-corrected chi connectivity index (χ0v) is 14.5. The third kappa shape index (κ3) is 6.82. The third-order valence-corrected chi connectivity index (χ3v) is 3.98. The van der Waals surface area contributed by atoms with Gasteiger partial charge in [0.2, 0.25) is 0 Å². The number of hydrogen-bond acceptors (Lipinski definition) is 4. The Balaban J connectivity index is 1.97. The third-order valence-electron chi connectivity index (χ3n) is 3.98. The molecule has 0 aliphatic carbocycles. The lowest BCUT2D eigenvalue weighted by Crippen LogP contribution is -2.50. The quantitative estimate of drug-likeness (QED) is 0.648. The van der Waals surface area contributed by atoms with Crippen LogP contribution < -0.4 is 5.32 Å². The summed E-state index contributed by atoms with van der Waals surface area (Å²) < 4.78 is 38.7. The van der Waals surface area contributed by atoms with Gasteiger partial charge in [-0.25, -0.2) is 13.6 Å². The van der Waals surface area contributed by atoms with Gasteiger partial charge in [-0.15, -0.1) is 0 Å². The maximum atomic E-state index is 14.4. The molecule has 0 aromatic heterocycles. The van der Waals surface area contributed by atoms with Crippen LogP contribution in [0.1, 0.15) is 37.7 Å². The Morgan fingerprint density at radius 3 is 2.77 bits per heavy atom. The molecule has 5 nitrogen and oxygen atoms in total. The average molecular weight is 367 g/mol.